The summed E-state index contributed by atoms with van der Waals surface area (Å²) in [5.41, 5.74) is 1.17. The van der Waals surface area contributed by atoms with Crippen molar-refractivity contribution in [1.82, 2.24) is 5.32 Å². The highest BCUT2D eigenvalue weighted by atomic mass is 28.3. The Kier molecular flexibility index (Phi) is 5.77. The highest BCUT2D eigenvalue weighted by molar-refractivity contribution is 6.88. The molecule has 1 aromatic rings. The van der Waals surface area contributed by atoms with Crippen molar-refractivity contribution >= 4 is 13.3 Å². The number of nitrogens with one attached hydrogen (secondary N) is 1. The van der Waals surface area contributed by atoms with Crippen molar-refractivity contribution in [3.63, 3.8) is 0 Å². The number of aliphatic hydroxyl groups is 1. The fourth-order valence-electron chi connectivity index (χ4n) is 2.19. The third-order valence-electron chi connectivity index (χ3n) is 4.14. The normalized spacial score (nSPS) is 12.7. The molecule has 0 bridgehead atoms. The van der Waals surface area contributed by atoms with E-state index in [1.165, 1.54) is 10.8 Å². The van der Waals surface area contributed by atoms with Crippen molar-refractivity contribution in [2.75, 3.05) is 6.61 Å². The summed E-state index contributed by atoms with van der Waals surface area (Å²) in [6.45, 7) is 12.4. The zero-order chi connectivity index (χ0) is 14.5. The predicted molar refractivity (Wildman–Crippen MR) is 86.7 cm³/mol. The van der Waals surface area contributed by atoms with Crippen LogP contribution in [0.4, 0.5) is 0 Å². The predicted octanol–water partition coefficient (Wildman–Crippen LogP) is 2.87. The van der Waals surface area contributed by atoms with Crippen molar-refractivity contribution in [1.29, 1.82) is 0 Å². The average molecular weight is 279 g/mol. The summed E-state index contributed by atoms with van der Waals surface area (Å²) in [6, 6.07) is 8.96. The van der Waals surface area contributed by atoms with Gasteiger partial charge in [-0.3, -0.25) is 0 Å². The molecule has 0 aliphatic carbocycles. The van der Waals surface area contributed by atoms with E-state index in [9.17, 15) is 5.11 Å². The first kappa shape index (κ1) is 16.4. The van der Waals surface area contributed by atoms with Gasteiger partial charge in [0.05, 0.1) is 14.7 Å². The summed E-state index contributed by atoms with van der Waals surface area (Å²) < 4.78 is 0. The van der Waals surface area contributed by atoms with Crippen molar-refractivity contribution in [2.24, 2.45) is 0 Å². The second-order valence-corrected chi connectivity index (χ2v) is 11.5. The summed E-state index contributed by atoms with van der Waals surface area (Å²) >= 11 is 0. The molecular formula is C16H29NOSi. The fraction of sp³-hybridized carbons (Fsp3) is 0.625. The first-order chi connectivity index (χ1) is 8.87. The molecule has 0 saturated carbocycles. The molecule has 0 atom stereocenters. The number of hydrogen-bond acceptors (Lipinski definition) is 2. The number of hydrogen-bond donors (Lipinski definition) is 2. The Labute approximate surface area is 119 Å². The lowest BCUT2D eigenvalue weighted by Crippen LogP contribution is -2.47. The molecule has 3 heteroatoms. The van der Waals surface area contributed by atoms with E-state index in [-0.39, 0.29) is 12.1 Å². The molecule has 2 N–H and O–H groups in total. The summed E-state index contributed by atoms with van der Waals surface area (Å²) in [4.78, 5) is 0. The molecule has 1 aromatic carbocycles. The van der Waals surface area contributed by atoms with Crippen LogP contribution < -0.4 is 10.5 Å². The second kappa shape index (κ2) is 6.68. The summed E-state index contributed by atoms with van der Waals surface area (Å²) in [6.07, 6.45) is 1.90. The Bertz CT molecular complexity index is 368. The lowest BCUT2D eigenvalue weighted by molar-refractivity contribution is 0.149. The molecule has 0 heterocycles. The van der Waals surface area contributed by atoms with E-state index in [1.807, 2.05) is 0 Å². The Morgan fingerprint density at radius 2 is 1.58 bits per heavy atom. The van der Waals surface area contributed by atoms with Crippen LogP contribution in [0.3, 0.4) is 0 Å². The molecule has 108 valence electrons. The molecule has 0 spiro atoms. The van der Waals surface area contributed by atoms with Crippen LogP contribution in [0, 0.1) is 0 Å². The standard InChI is InChI=1S/C16H29NOSi/c1-6-16(7-2,13-18)17-12-14-8-10-15(11-9-14)19(3,4)5/h8-11,17-18H,6-7,12-13H2,1-5H3. The van der Waals surface area contributed by atoms with Gasteiger partial charge in [0, 0.05) is 12.1 Å². The highest BCUT2D eigenvalue weighted by Crippen LogP contribution is 2.15. The van der Waals surface area contributed by atoms with Crippen molar-refractivity contribution in [3.05, 3.63) is 29.8 Å². The summed E-state index contributed by atoms with van der Waals surface area (Å²) in [5, 5.41) is 14.6. The minimum atomic E-state index is -1.20. The Morgan fingerprint density at radius 1 is 1.05 bits per heavy atom. The van der Waals surface area contributed by atoms with E-state index in [0.29, 0.717) is 0 Å². The highest BCUT2D eigenvalue weighted by Gasteiger charge is 2.24. The van der Waals surface area contributed by atoms with E-state index in [1.54, 1.807) is 0 Å². The molecule has 0 aliphatic rings. The van der Waals surface area contributed by atoms with E-state index >= 15 is 0 Å². The largest absolute Gasteiger partial charge is 0.394 e. The van der Waals surface area contributed by atoms with E-state index in [0.717, 1.165) is 19.4 Å². The fourth-order valence-corrected chi connectivity index (χ4v) is 3.36. The van der Waals surface area contributed by atoms with Crippen LogP contribution in [0.15, 0.2) is 24.3 Å². The molecule has 0 amide bonds. The Balaban J connectivity index is 2.69. The maximum absolute atomic E-state index is 9.55. The van der Waals surface area contributed by atoms with Gasteiger partial charge in [0.15, 0.2) is 0 Å². The van der Waals surface area contributed by atoms with Gasteiger partial charge in [0.2, 0.25) is 0 Å². The van der Waals surface area contributed by atoms with Gasteiger partial charge in [-0.15, -0.1) is 0 Å². The first-order valence-electron chi connectivity index (χ1n) is 7.32. The average Bonchev–Trinajstić information content (AvgIpc) is 2.40. The second-order valence-electron chi connectivity index (χ2n) is 6.45. The van der Waals surface area contributed by atoms with Gasteiger partial charge in [-0.2, -0.15) is 0 Å². The molecule has 0 saturated heterocycles. The Hall–Kier alpha value is -0.643. The molecule has 0 unspecified atom stereocenters. The van der Waals surface area contributed by atoms with Crippen LogP contribution in [0.2, 0.25) is 19.6 Å². The minimum Gasteiger partial charge on any atom is -0.394 e. The topological polar surface area (TPSA) is 32.3 Å². The van der Waals surface area contributed by atoms with Crippen LogP contribution in [-0.4, -0.2) is 25.3 Å². The number of aliphatic hydroxyl groups excluding tert-OH is 1. The van der Waals surface area contributed by atoms with Gasteiger partial charge < -0.3 is 10.4 Å². The van der Waals surface area contributed by atoms with Gasteiger partial charge in [0.1, 0.15) is 0 Å². The third-order valence-corrected chi connectivity index (χ3v) is 6.21. The van der Waals surface area contributed by atoms with E-state index in [4.69, 9.17) is 0 Å². The molecule has 0 radical (unpaired) electrons. The Morgan fingerprint density at radius 3 is 1.95 bits per heavy atom. The van der Waals surface area contributed by atoms with Gasteiger partial charge >= 0.3 is 0 Å². The molecule has 2 nitrogen and oxygen atoms in total. The molecule has 0 aliphatic heterocycles. The molecule has 19 heavy (non-hydrogen) atoms. The van der Waals surface area contributed by atoms with Gasteiger partial charge in [0.25, 0.3) is 0 Å². The zero-order valence-corrected chi connectivity index (χ0v) is 14.1. The maximum Gasteiger partial charge on any atom is 0.0775 e. The summed E-state index contributed by atoms with van der Waals surface area (Å²) in [7, 11) is -1.20. The molecule has 0 fully saturated rings. The third kappa shape index (κ3) is 4.44. The smallest absolute Gasteiger partial charge is 0.0775 e. The monoisotopic (exact) mass is 279 g/mol. The van der Waals surface area contributed by atoms with E-state index in [2.05, 4.69) is 63.1 Å². The molecule has 1 rings (SSSR count). The number of rotatable bonds is 7. The van der Waals surface area contributed by atoms with Crippen molar-refractivity contribution in [2.45, 2.75) is 58.4 Å². The van der Waals surface area contributed by atoms with Crippen LogP contribution in [-0.2, 0) is 6.54 Å². The van der Waals surface area contributed by atoms with Gasteiger partial charge in [-0.25, -0.2) is 0 Å². The molecule has 0 aromatic heterocycles. The SMILES string of the molecule is CCC(CC)(CO)NCc1ccc([Si](C)(C)C)cc1. The van der Waals surface area contributed by atoms with Gasteiger partial charge in [-0.05, 0) is 18.4 Å². The van der Waals surface area contributed by atoms with Crippen LogP contribution in [0.5, 0.6) is 0 Å². The lowest BCUT2D eigenvalue weighted by Gasteiger charge is -2.31. The van der Waals surface area contributed by atoms with Crippen LogP contribution in [0.25, 0.3) is 0 Å². The van der Waals surface area contributed by atoms with E-state index < -0.39 is 8.07 Å². The first-order valence-corrected chi connectivity index (χ1v) is 10.8. The zero-order valence-electron chi connectivity index (χ0n) is 13.1. The quantitative estimate of drug-likeness (QED) is 0.752. The van der Waals surface area contributed by atoms with Crippen LogP contribution >= 0.6 is 0 Å². The minimum absolute atomic E-state index is 0.128. The lowest BCUT2D eigenvalue weighted by atomic mass is 9.93. The van der Waals surface area contributed by atoms with Crippen molar-refractivity contribution in [3.8, 4) is 0 Å². The van der Waals surface area contributed by atoms with Crippen LogP contribution in [0.1, 0.15) is 32.3 Å². The molecular weight excluding hydrogens is 250 g/mol. The van der Waals surface area contributed by atoms with Crippen molar-refractivity contribution < 1.29 is 5.11 Å². The summed E-state index contributed by atoms with van der Waals surface area (Å²) in [5.74, 6) is 0. The maximum atomic E-state index is 9.55. The van der Waals surface area contributed by atoms with Gasteiger partial charge in [-0.1, -0.05) is 62.9 Å². The number of benzene rings is 1.